The molecule has 0 saturated heterocycles. The summed E-state index contributed by atoms with van der Waals surface area (Å²) >= 11 is 12.5. The summed E-state index contributed by atoms with van der Waals surface area (Å²) in [7, 11) is 0. The van der Waals surface area contributed by atoms with E-state index in [0.717, 1.165) is 0 Å². The predicted molar refractivity (Wildman–Crippen MR) is 110 cm³/mol. The van der Waals surface area contributed by atoms with Gasteiger partial charge in [-0.15, -0.1) is 0 Å². The number of nitro benzene ring substituents is 2. The van der Waals surface area contributed by atoms with Gasteiger partial charge in [0, 0.05) is 6.07 Å². The van der Waals surface area contributed by atoms with E-state index in [9.17, 15) is 38.7 Å². The first-order valence-corrected chi connectivity index (χ1v) is 10.1. The molecule has 0 fully saturated rings. The highest BCUT2D eigenvalue weighted by Gasteiger charge is 2.40. The van der Waals surface area contributed by atoms with Crippen molar-refractivity contribution in [2.75, 3.05) is 5.32 Å². The van der Waals surface area contributed by atoms with Crippen molar-refractivity contribution in [1.82, 2.24) is 0 Å². The lowest BCUT2D eigenvalue weighted by Gasteiger charge is -2.18. The van der Waals surface area contributed by atoms with E-state index in [0.29, 0.717) is 6.07 Å². The first-order chi connectivity index (χ1) is 13.3. The van der Waals surface area contributed by atoms with Gasteiger partial charge in [-0.25, -0.2) is 0 Å². The molecule has 0 heterocycles. The van der Waals surface area contributed by atoms with Crippen LogP contribution >= 0.6 is 63.7 Å². The van der Waals surface area contributed by atoms with Crippen LogP contribution in [0.1, 0.15) is 11.1 Å². The molecule has 2 rings (SSSR count). The molecule has 0 radical (unpaired) electrons. The fourth-order valence-electron chi connectivity index (χ4n) is 2.18. The zero-order chi connectivity index (χ0) is 22.3. The molecule has 0 saturated carbocycles. The zero-order valence-electron chi connectivity index (χ0n) is 13.3. The minimum absolute atomic E-state index is 0.0879. The van der Waals surface area contributed by atoms with Gasteiger partial charge in [0.2, 0.25) is 0 Å². The van der Waals surface area contributed by atoms with E-state index >= 15 is 0 Å². The summed E-state index contributed by atoms with van der Waals surface area (Å²) in [6, 6.07) is 2.50. The lowest BCUT2D eigenvalue weighted by molar-refractivity contribution is -0.394. The van der Waals surface area contributed by atoms with Crippen LogP contribution in [0.25, 0.3) is 0 Å². The average Bonchev–Trinajstić information content (AvgIpc) is 2.62. The lowest BCUT2D eigenvalue weighted by atomic mass is 10.1. The van der Waals surface area contributed by atoms with Gasteiger partial charge in [0.1, 0.15) is 11.8 Å². The summed E-state index contributed by atoms with van der Waals surface area (Å²) < 4.78 is 41.1. The number of non-ortho nitro benzene ring substituents is 1. The fraction of sp³-hybridized carbons (Fsp3) is 0.0714. The molecular formula is C14H3Br4F3N4O4. The molecule has 0 atom stereocenters. The second-order valence-corrected chi connectivity index (χ2v) is 8.31. The van der Waals surface area contributed by atoms with E-state index in [2.05, 4.69) is 69.0 Å². The summed E-state index contributed by atoms with van der Waals surface area (Å²) in [5.41, 5.74) is -4.84. The smallest absolute Gasteiger partial charge is 0.347 e. The lowest BCUT2D eigenvalue weighted by Crippen LogP contribution is -2.12. The molecule has 0 aliphatic heterocycles. The molecule has 15 heteroatoms. The molecule has 0 aliphatic carbocycles. The summed E-state index contributed by atoms with van der Waals surface area (Å²) in [4.78, 5) is 20.0. The summed E-state index contributed by atoms with van der Waals surface area (Å²) in [6.45, 7) is 0. The predicted octanol–water partition coefficient (Wildman–Crippen LogP) is 7.19. The second kappa shape index (κ2) is 8.54. The minimum Gasteiger partial charge on any atom is -0.347 e. The van der Waals surface area contributed by atoms with Gasteiger partial charge in [-0.3, -0.25) is 20.2 Å². The first kappa shape index (κ1) is 23.5. The maximum absolute atomic E-state index is 13.5. The number of hydrogen-bond donors (Lipinski definition) is 1. The largest absolute Gasteiger partial charge is 0.418 e. The minimum atomic E-state index is -5.14. The Morgan fingerprint density at radius 3 is 1.83 bits per heavy atom. The quantitative estimate of drug-likeness (QED) is 0.209. The number of hydrogen-bond acceptors (Lipinski definition) is 6. The van der Waals surface area contributed by atoms with E-state index in [1.165, 1.54) is 0 Å². The van der Waals surface area contributed by atoms with Gasteiger partial charge in [-0.2, -0.15) is 18.4 Å². The number of rotatable bonds is 4. The van der Waals surface area contributed by atoms with Crippen LogP contribution in [0.2, 0.25) is 0 Å². The molecule has 0 bridgehead atoms. The van der Waals surface area contributed by atoms with Crippen molar-refractivity contribution < 1.29 is 23.0 Å². The second-order valence-electron chi connectivity index (χ2n) is 5.14. The van der Waals surface area contributed by atoms with Crippen LogP contribution in [0.15, 0.2) is 30.0 Å². The van der Waals surface area contributed by atoms with Crippen LogP contribution in [-0.2, 0) is 6.18 Å². The van der Waals surface area contributed by atoms with Crippen molar-refractivity contribution in [2.45, 2.75) is 6.18 Å². The molecule has 0 aromatic heterocycles. The Morgan fingerprint density at radius 1 is 0.931 bits per heavy atom. The highest BCUT2D eigenvalue weighted by Crippen LogP contribution is 2.49. The van der Waals surface area contributed by atoms with Crippen LogP contribution in [0.3, 0.4) is 0 Å². The molecule has 8 nitrogen and oxygen atoms in total. The summed E-state index contributed by atoms with van der Waals surface area (Å²) in [5.74, 6) is 0. The zero-order valence-corrected chi connectivity index (χ0v) is 19.6. The number of nitrogens with one attached hydrogen (secondary N) is 1. The monoisotopic (exact) mass is 664 g/mol. The normalized spacial score (nSPS) is 11.1. The molecule has 29 heavy (non-hydrogen) atoms. The third-order valence-corrected chi connectivity index (χ3v) is 7.68. The van der Waals surface area contributed by atoms with Crippen molar-refractivity contribution in [3.63, 3.8) is 0 Å². The molecule has 1 N–H and O–H groups in total. The Bertz CT molecular complexity index is 1070. The van der Waals surface area contributed by atoms with Gasteiger partial charge in [-0.05, 0) is 63.7 Å². The van der Waals surface area contributed by atoms with Crippen molar-refractivity contribution in [1.29, 1.82) is 5.26 Å². The standard InChI is InChI=1S/C14H3Br4F3N4O4/c15-8-5(3-22)9(16)11(18)13(10(8)17)23-12-6(14(19,20)21)1-4(24(26)27)2-7(12)25(28)29/h1-2,23H. The third-order valence-electron chi connectivity index (χ3n) is 3.44. The molecular weight excluding hydrogens is 665 g/mol. The van der Waals surface area contributed by atoms with E-state index in [-0.39, 0.29) is 35.2 Å². The SMILES string of the molecule is N#Cc1c(Br)c(Br)c(Nc2c([N+](=O)[O-])cc([N+](=O)[O-])cc2C(F)(F)F)c(Br)c1Br. The highest BCUT2D eigenvalue weighted by atomic mass is 79.9. The molecule has 0 aliphatic rings. The summed E-state index contributed by atoms with van der Waals surface area (Å²) in [5, 5.41) is 33.8. The first-order valence-electron chi connectivity index (χ1n) is 6.88. The Labute approximate surface area is 192 Å². The molecule has 0 unspecified atom stereocenters. The van der Waals surface area contributed by atoms with Gasteiger partial charge in [0.05, 0.1) is 50.6 Å². The molecule has 152 valence electrons. The van der Waals surface area contributed by atoms with Crippen molar-refractivity contribution in [3.05, 3.63) is 61.4 Å². The Balaban J connectivity index is 2.88. The van der Waals surface area contributed by atoms with Crippen molar-refractivity contribution in [3.8, 4) is 6.07 Å². The molecule has 0 amide bonds. The topological polar surface area (TPSA) is 122 Å². The maximum Gasteiger partial charge on any atom is 0.418 e. The third kappa shape index (κ3) is 4.55. The number of nitrogens with zero attached hydrogens (tertiary/aromatic N) is 3. The van der Waals surface area contributed by atoms with Gasteiger partial charge >= 0.3 is 6.18 Å². The van der Waals surface area contributed by atoms with E-state index in [4.69, 9.17) is 0 Å². The highest BCUT2D eigenvalue weighted by molar-refractivity contribution is 9.14. The van der Waals surface area contributed by atoms with Crippen LogP contribution < -0.4 is 5.32 Å². The van der Waals surface area contributed by atoms with E-state index in [1.807, 2.05) is 6.07 Å². The number of nitro groups is 2. The van der Waals surface area contributed by atoms with Crippen molar-refractivity contribution >= 4 is 86.5 Å². The van der Waals surface area contributed by atoms with Gasteiger partial charge < -0.3 is 5.32 Å². The molecule has 2 aromatic rings. The molecule has 0 spiro atoms. The van der Waals surface area contributed by atoms with Crippen LogP contribution in [-0.4, -0.2) is 9.85 Å². The Kier molecular flexibility index (Phi) is 6.93. The number of benzene rings is 2. The van der Waals surface area contributed by atoms with E-state index < -0.39 is 38.6 Å². The van der Waals surface area contributed by atoms with Gasteiger partial charge in [0.15, 0.2) is 0 Å². The van der Waals surface area contributed by atoms with Crippen LogP contribution in [0.5, 0.6) is 0 Å². The van der Waals surface area contributed by atoms with E-state index in [1.54, 1.807) is 0 Å². The molecule has 2 aromatic carbocycles. The van der Waals surface area contributed by atoms with Crippen molar-refractivity contribution in [2.24, 2.45) is 0 Å². The average molecular weight is 668 g/mol. The number of anilines is 2. The Hall–Kier alpha value is -1.76. The van der Waals surface area contributed by atoms with Crippen LogP contribution in [0.4, 0.5) is 35.9 Å². The number of alkyl halides is 3. The fourth-order valence-corrected chi connectivity index (χ4v) is 4.67. The number of halogens is 7. The maximum atomic E-state index is 13.5. The summed E-state index contributed by atoms with van der Waals surface area (Å²) in [6.07, 6.45) is -5.14. The van der Waals surface area contributed by atoms with Gasteiger partial charge in [0.25, 0.3) is 11.4 Å². The Morgan fingerprint density at radius 2 is 1.45 bits per heavy atom. The van der Waals surface area contributed by atoms with Gasteiger partial charge in [-0.1, -0.05) is 0 Å². The van der Waals surface area contributed by atoms with Crippen LogP contribution in [0, 0.1) is 31.6 Å². The number of nitriles is 1.